The van der Waals surface area contributed by atoms with Crippen molar-refractivity contribution in [2.75, 3.05) is 26.7 Å². The zero-order chi connectivity index (χ0) is 18.1. The van der Waals surface area contributed by atoms with Crippen LogP contribution < -0.4 is 10.6 Å². The van der Waals surface area contributed by atoms with Crippen LogP contribution in [0.15, 0.2) is 23.2 Å². The summed E-state index contributed by atoms with van der Waals surface area (Å²) < 4.78 is 13.8. The SMILES string of the molecule is CCCCN1CCC(NC(=NC)NCc2cc(C#N)ccc2F)CC1.I. The predicted octanol–water partition coefficient (Wildman–Crippen LogP) is 3.24. The summed E-state index contributed by atoms with van der Waals surface area (Å²) in [5.41, 5.74) is 0.928. The second kappa shape index (κ2) is 12.1. The molecule has 0 aromatic heterocycles. The highest BCUT2D eigenvalue weighted by Crippen LogP contribution is 2.12. The van der Waals surface area contributed by atoms with Crippen LogP contribution in [0.25, 0.3) is 0 Å². The normalized spacial score (nSPS) is 15.8. The lowest BCUT2D eigenvalue weighted by atomic mass is 10.0. The van der Waals surface area contributed by atoms with Gasteiger partial charge in [-0.05, 0) is 44.0 Å². The zero-order valence-corrected chi connectivity index (χ0v) is 17.9. The van der Waals surface area contributed by atoms with E-state index >= 15 is 0 Å². The van der Waals surface area contributed by atoms with Crippen molar-refractivity contribution in [2.45, 2.75) is 45.2 Å². The largest absolute Gasteiger partial charge is 0.354 e. The van der Waals surface area contributed by atoms with E-state index in [9.17, 15) is 4.39 Å². The molecule has 0 atom stereocenters. The third-order valence-corrected chi connectivity index (χ3v) is 4.60. The van der Waals surface area contributed by atoms with E-state index in [2.05, 4.69) is 27.4 Å². The van der Waals surface area contributed by atoms with Crippen molar-refractivity contribution in [3.8, 4) is 6.07 Å². The fourth-order valence-electron chi connectivity index (χ4n) is 3.03. The number of piperidine rings is 1. The number of aliphatic imine (C=N–C) groups is 1. The lowest BCUT2D eigenvalue weighted by molar-refractivity contribution is 0.203. The number of halogens is 2. The summed E-state index contributed by atoms with van der Waals surface area (Å²) in [5, 5.41) is 15.5. The number of hydrogen-bond donors (Lipinski definition) is 2. The Morgan fingerprint density at radius 2 is 2.12 bits per heavy atom. The van der Waals surface area contributed by atoms with Gasteiger partial charge in [0.1, 0.15) is 5.82 Å². The maximum absolute atomic E-state index is 13.8. The van der Waals surface area contributed by atoms with Crippen LogP contribution in [0.3, 0.4) is 0 Å². The molecule has 0 aliphatic carbocycles. The van der Waals surface area contributed by atoms with Gasteiger partial charge in [-0.25, -0.2) is 4.39 Å². The number of likely N-dealkylation sites (tertiary alicyclic amines) is 1. The van der Waals surface area contributed by atoms with Gasteiger partial charge in [-0.1, -0.05) is 13.3 Å². The van der Waals surface area contributed by atoms with Crippen LogP contribution in [-0.4, -0.2) is 43.6 Å². The van der Waals surface area contributed by atoms with E-state index in [1.165, 1.54) is 31.5 Å². The Labute approximate surface area is 173 Å². The third-order valence-electron chi connectivity index (χ3n) is 4.60. The molecule has 5 nitrogen and oxygen atoms in total. The van der Waals surface area contributed by atoms with E-state index in [1.807, 2.05) is 6.07 Å². The lowest BCUT2D eigenvalue weighted by Gasteiger charge is -2.33. The van der Waals surface area contributed by atoms with Crippen molar-refractivity contribution in [2.24, 2.45) is 4.99 Å². The Balaban J connectivity index is 0.00000338. The van der Waals surface area contributed by atoms with Crippen LogP contribution in [-0.2, 0) is 6.54 Å². The molecule has 26 heavy (non-hydrogen) atoms. The van der Waals surface area contributed by atoms with Gasteiger partial charge in [-0.15, -0.1) is 24.0 Å². The Kier molecular flexibility index (Phi) is 10.5. The van der Waals surface area contributed by atoms with Crippen LogP contribution in [0.5, 0.6) is 0 Å². The Morgan fingerprint density at radius 1 is 1.38 bits per heavy atom. The van der Waals surface area contributed by atoms with E-state index in [-0.39, 0.29) is 29.8 Å². The Morgan fingerprint density at radius 3 is 2.73 bits per heavy atom. The first kappa shape index (κ1) is 22.6. The van der Waals surface area contributed by atoms with Crippen LogP contribution in [0, 0.1) is 17.1 Å². The maximum atomic E-state index is 13.8. The van der Waals surface area contributed by atoms with Crippen molar-refractivity contribution in [1.82, 2.24) is 15.5 Å². The molecule has 1 fully saturated rings. The van der Waals surface area contributed by atoms with E-state index in [4.69, 9.17) is 5.26 Å². The van der Waals surface area contributed by atoms with Crippen LogP contribution in [0.4, 0.5) is 4.39 Å². The number of guanidine groups is 1. The molecule has 1 heterocycles. The first-order valence-corrected chi connectivity index (χ1v) is 9.04. The second-order valence-corrected chi connectivity index (χ2v) is 6.46. The molecule has 1 aromatic carbocycles. The fraction of sp³-hybridized carbons (Fsp3) is 0.579. The predicted molar refractivity (Wildman–Crippen MR) is 114 cm³/mol. The van der Waals surface area contributed by atoms with Crippen molar-refractivity contribution < 1.29 is 4.39 Å². The van der Waals surface area contributed by atoms with Gasteiger partial charge in [0.05, 0.1) is 11.6 Å². The highest BCUT2D eigenvalue weighted by molar-refractivity contribution is 14.0. The van der Waals surface area contributed by atoms with Crippen molar-refractivity contribution in [3.63, 3.8) is 0 Å². The van der Waals surface area contributed by atoms with Gasteiger partial charge >= 0.3 is 0 Å². The minimum atomic E-state index is -0.314. The van der Waals surface area contributed by atoms with Gasteiger partial charge in [0, 0.05) is 38.3 Å². The van der Waals surface area contributed by atoms with E-state index in [0.29, 0.717) is 29.7 Å². The summed E-state index contributed by atoms with van der Waals surface area (Å²) in [7, 11) is 1.72. The molecule has 1 aliphatic heterocycles. The summed E-state index contributed by atoms with van der Waals surface area (Å²) in [4.78, 5) is 6.75. The van der Waals surface area contributed by atoms with Crippen molar-refractivity contribution in [3.05, 3.63) is 35.1 Å². The monoisotopic (exact) mass is 473 g/mol. The molecule has 0 spiro atoms. The number of nitrogens with zero attached hydrogens (tertiary/aromatic N) is 3. The van der Waals surface area contributed by atoms with Gasteiger partial charge in [0.25, 0.3) is 0 Å². The van der Waals surface area contributed by atoms with Crippen LogP contribution >= 0.6 is 24.0 Å². The first-order valence-electron chi connectivity index (χ1n) is 9.04. The summed E-state index contributed by atoms with van der Waals surface area (Å²) in [5.74, 6) is 0.361. The first-order chi connectivity index (χ1) is 12.2. The van der Waals surface area contributed by atoms with Crippen molar-refractivity contribution in [1.29, 1.82) is 5.26 Å². The summed E-state index contributed by atoms with van der Waals surface area (Å²) in [6.45, 7) is 5.92. The minimum Gasteiger partial charge on any atom is -0.354 e. The number of benzene rings is 1. The van der Waals surface area contributed by atoms with E-state index < -0.39 is 0 Å². The number of unbranched alkanes of at least 4 members (excludes halogenated alkanes) is 1. The molecule has 0 radical (unpaired) electrons. The second-order valence-electron chi connectivity index (χ2n) is 6.46. The molecule has 0 saturated carbocycles. The molecule has 0 bridgehead atoms. The molecule has 7 heteroatoms. The minimum absolute atomic E-state index is 0. The quantitative estimate of drug-likeness (QED) is 0.379. The van der Waals surface area contributed by atoms with Crippen LogP contribution in [0.2, 0.25) is 0 Å². The molecule has 2 N–H and O–H groups in total. The summed E-state index contributed by atoms with van der Waals surface area (Å²) in [6, 6.07) is 6.81. The molecule has 0 amide bonds. The van der Waals surface area contributed by atoms with Gasteiger partial charge in [-0.3, -0.25) is 4.99 Å². The van der Waals surface area contributed by atoms with Gasteiger partial charge in [-0.2, -0.15) is 5.26 Å². The average Bonchev–Trinajstić information content (AvgIpc) is 2.65. The maximum Gasteiger partial charge on any atom is 0.191 e. The summed E-state index contributed by atoms with van der Waals surface area (Å²) in [6.07, 6.45) is 4.67. The standard InChI is InChI=1S/C19H28FN5.HI/c1-3-4-9-25-10-7-17(8-11-25)24-19(22-2)23-14-16-12-15(13-21)5-6-18(16)20;/h5-6,12,17H,3-4,7-11,14H2,1-2H3,(H2,22,23,24);1H. The molecule has 1 aromatic rings. The zero-order valence-electron chi connectivity index (χ0n) is 15.6. The van der Waals surface area contributed by atoms with Gasteiger partial charge in [0.15, 0.2) is 5.96 Å². The highest BCUT2D eigenvalue weighted by atomic mass is 127. The highest BCUT2D eigenvalue weighted by Gasteiger charge is 2.19. The number of hydrogen-bond acceptors (Lipinski definition) is 3. The number of rotatable bonds is 6. The van der Waals surface area contributed by atoms with Crippen LogP contribution in [0.1, 0.15) is 43.7 Å². The topological polar surface area (TPSA) is 63.4 Å². The van der Waals surface area contributed by atoms with Gasteiger partial charge in [0.2, 0.25) is 0 Å². The molecule has 0 unspecified atom stereocenters. The lowest BCUT2D eigenvalue weighted by Crippen LogP contribution is -2.48. The Hall–Kier alpha value is -1.40. The van der Waals surface area contributed by atoms with Crippen molar-refractivity contribution >= 4 is 29.9 Å². The average molecular weight is 473 g/mol. The van der Waals surface area contributed by atoms with E-state index in [1.54, 1.807) is 13.1 Å². The number of nitriles is 1. The summed E-state index contributed by atoms with van der Waals surface area (Å²) >= 11 is 0. The molecular formula is C19H29FIN5. The molecule has 1 aliphatic rings. The van der Waals surface area contributed by atoms with Gasteiger partial charge < -0.3 is 15.5 Å². The van der Waals surface area contributed by atoms with E-state index in [0.717, 1.165) is 25.9 Å². The molecule has 1 saturated heterocycles. The fourth-order valence-corrected chi connectivity index (χ4v) is 3.03. The third kappa shape index (κ3) is 7.08. The Bertz CT molecular complexity index is 621. The number of nitrogens with one attached hydrogen (secondary N) is 2. The molecular weight excluding hydrogens is 444 g/mol. The molecule has 2 rings (SSSR count). The molecule has 144 valence electrons. The smallest absolute Gasteiger partial charge is 0.191 e.